The largest absolute Gasteiger partial charge is 0.405 e. The summed E-state index contributed by atoms with van der Waals surface area (Å²) in [7, 11) is 0.837. The SMILES string of the molecule is C=C[C@@H](O)C[C@H](O[Si](C)(C)C(C)(C)C)C(=O)N(C)OC. The van der Waals surface area contributed by atoms with Crippen LogP contribution in [0.3, 0.4) is 0 Å². The standard InChI is InChI=1S/C14H29NO4Si/c1-9-11(16)10-12(13(17)15(5)18-6)19-20(7,8)14(2,3)4/h9,11-12,16H,1,10H2,2-8H3/t11-,12+/m1/s1. The molecule has 0 aromatic heterocycles. The van der Waals surface area contributed by atoms with Crippen LogP contribution in [0.4, 0.5) is 0 Å². The molecule has 0 aliphatic rings. The molecular formula is C14H29NO4Si. The lowest BCUT2D eigenvalue weighted by Gasteiger charge is -2.39. The molecule has 0 aromatic carbocycles. The fraction of sp³-hybridized carbons (Fsp3) is 0.786. The van der Waals surface area contributed by atoms with Gasteiger partial charge in [-0.3, -0.25) is 9.63 Å². The van der Waals surface area contributed by atoms with Gasteiger partial charge >= 0.3 is 0 Å². The van der Waals surface area contributed by atoms with Crippen LogP contribution in [0, 0.1) is 0 Å². The summed E-state index contributed by atoms with van der Waals surface area (Å²) in [5.41, 5.74) is 0. The van der Waals surface area contributed by atoms with E-state index in [-0.39, 0.29) is 17.4 Å². The Hall–Kier alpha value is -0.693. The fourth-order valence-corrected chi connectivity index (χ4v) is 2.60. The molecule has 20 heavy (non-hydrogen) atoms. The van der Waals surface area contributed by atoms with Gasteiger partial charge in [0.25, 0.3) is 5.91 Å². The average molecular weight is 303 g/mol. The summed E-state index contributed by atoms with van der Waals surface area (Å²) in [6, 6.07) is 0. The van der Waals surface area contributed by atoms with Gasteiger partial charge in [-0.2, -0.15) is 0 Å². The van der Waals surface area contributed by atoms with Crippen LogP contribution < -0.4 is 0 Å². The van der Waals surface area contributed by atoms with E-state index in [1.54, 1.807) is 0 Å². The number of aliphatic hydroxyl groups is 1. The third kappa shape index (κ3) is 5.36. The Balaban J connectivity index is 5.14. The Morgan fingerprint density at radius 2 is 1.95 bits per heavy atom. The topological polar surface area (TPSA) is 59.0 Å². The third-order valence-corrected chi connectivity index (χ3v) is 8.32. The van der Waals surface area contributed by atoms with Crippen molar-refractivity contribution in [3.05, 3.63) is 12.7 Å². The molecule has 1 amide bonds. The summed E-state index contributed by atoms with van der Waals surface area (Å²) in [6.07, 6.45) is 0.0813. The molecule has 0 aliphatic carbocycles. The lowest BCUT2D eigenvalue weighted by atomic mass is 10.1. The van der Waals surface area contributed by atoms with E-state index in [9.17, 15) is 9.90 Å². The number of hydrogen-bond acceptors (Lipinski definition) is 4. The molecule has 0 heterocycles. The highest BCUT2D eigenvalue weighted by Crippen LogP contribution is 2.37. The molecule has 1 N–H and O–H groups in total. The molecule has 5 nitrogen and oxygen atoms in total. The van der Waals surface area contributed by atoms with Crippen LogP contribution in [-0.4, -0.2) is 50.8 Å². The summed E-state index contributed by atoms with van der Waals surface area (Å²) >= 11 is 0. The average Bonchev–Trinajstić information content (AvgIpc) is 2.34. The number of carbonyl (C=O) groups is 1. The summed E-state index contributed by atoms with van der Waals surface area (Å²) in [5, 5.41) is 10.9. The number of likely N-dealkylation sites (N-methyl/N-ethyl adjacent to an activating group) is 1. The van der Waals surface area contributed by atoms with Crippen LogP contribution in [0.15, 0.2) is 12.7 Å². The quantitative estimate of drug-likeness (QED) is 0.445. The number of carbonyl (C=O) groups excluding carboxylic acids is 1. The zero-order chi connectivity index (χ0) is 16.1. The van der Waals surface area contributed by atoms with E-state index < -0.39 is 20.5 Å². The third-order valence-electron chi connectivity index (χ3n) is 3.83. The molecule has 0 saturated heterocycles. The van der Waals surface area contributed by atoms with Crippen LogP contribution in [0.25, 0.3) is 0 Å². The molecule has 118 valence electrons. The van der Waals surface area contributed by atoms with E-state index >= 15 is 0 Å². The van der Waals surface area contributed by atoms with Crippen molar-refractivity contribution in [1.82, 2.24) is 5.06 Å². The van der Waals surface area contributed by atoms with Crippen molar-refractivity contribution >= 4 is 14.2 Å². The van der Waals surface area contributed by atoms with E-state index in [1.807, 2.05) is 0 Å². The summed E-state index contributed by atoms with van der Waals surface area (Å²) in [5.74, 6) is -0.293. The zero-order valence-corrected chi connectivity index (χ0v) is 14.8. The van der Waals surface area contributed by atoms with E-state index in [0.29, 0.717) is 0 Å². The van der Waals surface area contributed by atoms with Gasteiger partial charge in [0.2, 0.25) is 0 Å². The molecule has 0 saturated carbocycles. The minimum atomic E-state index is -2.12. The predicted molar refractivity (Wildman–Crippen MR) is 82.7 cm³/mol. The highest BCUT2D eigenvalue weighted by atomic mass is 28.4. The molecule has 0 rings (SSSR count). The molecule has 6 heteroatoms. The van der Waals surface area contributed by atoms with Crippen molar-refractivity contribution < 1.29 is 19.2 Å². The first-order chi connectivity index (χ1) is 8.96. The minimum absolute atomic E-state index is 0.0176. The lowest BCUT2D eigenvalue weighted by Crippen LogP contribution is -2.49. The highest BCUT2D eigenvalue weighted by molar-refractivity contribution is 6.74. The van der Waals surface area contributed by atoms with Crippen molar-refractivity contribution in [2.45, 2.75) is 57.5 Å². The molecule has 0 fully saturated rings. The molecule has 0 aromatic rings. The second-order valence-corrected chi connectivity index (χ2v) is 11.2. The first-order valence-electron chi connectivity index (χ1n) is 6.76. The van der Waals surface area contributed by atoms with Crippen molar-refractivity contribution in [1.29, 1.82) is 0 Å². The molecule has 0 radical (unpaired) electrons. The zero-order valence-electron chi connectivity index (χ0n) is 13.8. The monoisotopic (exact) mass is 303 g/mol. The van der Waals surface area contributed by atoms with Crippen molar-refractivity contribution in [2.24, 2.45) is 0 Å². The predicted octanol–water partition coefficient (Wildman–Crippen LogP) is 2.33. The van der Waals surface area contributed by atoms with Gasteiger partial charge in [0.15, 0.2) is 8.32 Å². The van der Waals surface area contributed by atoms with E-state index in [4.69, 9.17) is 9.26 Å². The fourth-order valence-electron chi connectivity index (χ4n) is 1.34. The van der Waals surface area contributed by atoms with Crippen LogP contribution in [0.1, 0.15) is 27.2 Å². The van der Waals surface area contributed by atoms with Crippen LogP contribution in [0.2, 0.25) is 18.1 Å². The van der Waals surface area contributed by atoms with E-state index in [1.165, 1.54) is 20.2 Å². The van der Waals surface area contributed by atoms with Gasteiger partial charge in [-0.15, -0.1) is 6.58 Å². The molecular weight excluding hydrogens is 274 g/mol. The van der Waals surface area contributed by atoms with Crippen LogP contribution in [-0.2, 0) is 14.1 Å². The van der Waals surface area contributed by atoms with Crippen molar-refractivity contribution in [3.63, 3.8) is 0 Å². The summed E-state index contributed by atoms with van der Waals surface area (Å²) in [6.45, 7) is 14.0. The number of rotatable bonds is 7. The first-order valence-corrected chi connectivity index (χ1v) is 9.67. The van der Waals surface area contributed by atoms with E-state index in [0.717, 1.165) is 5.06 Å². The van der Waals surface area contributed by atoms with Gasteiger partial charge < -0.3 is 9.53 Å². The number of aliphatic hydroxyl groups excluding tert-OH is 1. The van der Waals surface area contributed by atoms with Gasteiger partial charge in [0, 0.05) is 13.5 Å². The Morgan fingerprint density at radius 3 is 2.30 bits per heavy atom. The maximum atomic E-state index is 12.3. The Labute approximate surface area is 123 Å². The molecule has 2 atom stereocenters. The Kier molecular flexibility index (Phi) is 7.10. The lowest BCUT2D eigenvalue weighted by molar-refractivity contribution is -0.178. The maximum absolute atomic E-state index is 12.3. The number of hydroxylamine groups is 2. The highest BCUT2D eigenvalue weighted by Gasteiger charge is 2.41. The molecule has 0 unspecified atom stereocenters. The van der Waals surface area contributed by atoms with Crippen LogP contribution in [0.5, 0.6) is 0 Å². The first kappa shape index (κ1) is 19.3. The van der Waals surface area contributed by atoms with Gasteiger partial charge in [0.1, 0.15) is 6.10 Å². The summed E-state index contributed by atoms with van der Waals surface area (Å²) < 4.78 is 6.12. The number of nitrogens with zero attached hydrogens (tertiary/aromatic N) is 1. The minimum Gasteiger partial charge on any atom is -0.405 e. The van der Waals surface area contributed by atoms with Gasteiger partial charge in [-0.05, 0) is 18.1 Å². The van der Waals surface area contributed by atoms with Gasteiger partial charge in [0.05, 0.1) is 13.2 Å². The van der Waals surface area contributed by atoms with Crippen molar-refractivity contribution in [3.8, 4) is 0 Å². The number of amides is 1. The summed E-state index contributed by atoms with van der Waals surface area (Å²) in [4.78, 5) is 17.2. The maximum Gasteiger partial charge on any atom is 0.273 e. The van der Waals surface area contributed by atoms with Gasteiger partial charge in [-0.1, -0.05) is 26.8 Å². The van der Waals surface area contributed by atoms with Crippen LogP contribution >= 0.6 is 0 Å². The Bertz CT molecular complexity index is 339. The molecule has 0 aliphatic heterocycles. The normalized spacial score (nSPS) is 15.6. The molecule has 0 bridgehead atoms. The molecule has 0 spiro atoms. The van der Waals surface area contributed by atoms with Gasteiger partial charge in [-0.25, -0.2) is 5.06 Å². The Morgan fingerprint density at radius 1 is 1.45 bits per heavy atom. The second kappa shape index (κ2) is 7.35. The second-order valence-electron chi connectivity index (χ2n) is 6.42. The van der Waals surface area contributed by atoms with E-state index in [2.05, 4.69) is 40.4 Å². The van der Waals surface area contributed by atoms with Crippen molar-refractivity contribution in [2.75, 3.05) is 14.2 Å². The smallest absolute Gasteiger partial charge is 0.273 e. The number of hydrogen-bond donors (Lipinski definition) is 1.